The van der Waals surface area contributed by atoms with Crippen molar-refractivity contribution in [1.29, 1.82) is 0 Å². The van der Waals surface area contributed by atoms with Crippen LogP contribution in [0.4, 0.5) is 17.1 Å². The lowest BCUT2D eigenvalue weighted by Gasteiger charge is -2.39. The Morgan fingerprint density at radius 3 is 2.64 bits per heavy atom. The van der Waals surface area contributed by atoms with Crippen LogP contribution < -0.4 is 16.0 Å². The Balaban J connectivity index is 1.81. The maximum Gasteiger partial charge on any atom is 0.258 e. The van der Waals surface area contributed by atoms with Gasteiger partial charge in [0, 0.05) is 52.9 Å². The summed E-state index contributed by atoms with van der Waals surface area (Å²) in [5.74, 6) is 1.78. The number of para-hydroxylation sites is 1. The molecule has 0 saturated carbocycles. The van der Waals surface area contributed by atoms with Crippen molar-refractivity contribution in [3.8, 4) is 0 Å². The second kappa shape index (κ2) is 7.87. The number of aliphatic hydroxyl groups is 1. The van der Waals surface area contributed by atoms with Gasteiger partial charge in [0.05, 0.1) is 5.57 Å². The van der Waals surface area contributed by atoms with Crippen LogP contribution in [-0.4, -0.2) is 46.9 Å². The average Bonchev–Trinajstić information content (AvgIpc) is 3.04. The van der Waals surface area contributed by atoms with Gasteiger partial charge in [-0.2, -0.15) is 11.8 Å². The van der Waals surface area contributed by atoms with Gasteiger partial charge in [-0.1, -0.05) is 18.2 Å². The van der Waals surface area contributed by atoms with E-state index in [2.05, 4.69) is 5.32 Å². The molecular weight excluding hydrogens is 372 g/mol. The summed E-state index contributed by atoms with van der Waals surface area (Å²) in [4.78, 5) is 16.7. The Morgan fingerprint density at radius 1 is 1.21 bits per heavy atom. The molecule has 4 N–H and O–H groups in total. The van der Waals surface area contributed by atoms with E-state index in [9.17, 15) is 9.90 Å². The number of allylic oxidation sites excluding steroid dienone is 1. The van der Waals surface area contributed by atoms with Crippen LogP contribution in [0.3, 0.4) is 0 Å². The number of rotatable bonds is 4. The van der Waals surface area contributed by atoms with E-state index >= 15 is 0 Å². The maximum atomic E-state index is 12.8. The number of carbonyl (C=O) groups is 1. The van der Waals surface area contributed by atoms with Gasteiger partial charge >= 0.3 is 0 Å². The number of hydrogen-bond donors (Lipinski definition) is 3. The fourth-order valence-electron chi connectivity index (χ4n) is 3.72. The highest BCUT2D eigenvalue weighted by Crippen LogP contribution is 2.37. The molecule has 0 spiro atoms. The second-order valence-electron chi connectivity index (χ2n) is 6.92. The van der Waals surface area contributed by atoms with Gasteiger partial charge in [-0.25, -0.2) is 0 Å². The third kappa shape index (κ3) is 3.48. The largest absolute Gasteiger partial charge is 0.399 e. The Hall–Kier alpha value is -2.48. The van der Waals surface area contributed by atoms with Crippen molar-refractivity contribution in [2.24, 2.45) is 0 Å². The summed E-state index contributed by atoms with van der Waals surface area (Å²) in [5.41, 5.74) is 10.1. The summed E-state index contributed by atoms with van der Waals surface area (Å²) >= 11 is 1.89. The molecule has 1 saturated heterocycles. The fraction of sp³-hybridized carbons (Fsp3) is 0.286. The molecule has 0 aliphatic carbocycles. The van der Waals surface area contributed by atoms with E-state index in [1.165, 1.54) is 0 Å². The topological polar surface area (TPSA) is 81.8 Å². The number of anilines is 3. The summed E-state index contributed by atoms with van der Waals surface area (Å²) in [6, 6.07) is 15.1. The van der Waals surface area contributed by atoms with Crippen molar-refractivity contribution in [1.82, 2.24) is 4.90 Å². The van der Waals surface area contributed by atoms with E-state index in [-0.39, 0.29) is 5.91 Å². The van der Waals surface area contributed by atoms with Crippen LogP contribution >= 0.6 is 11.8 Å². The Bertz CT molecular complexity index is 910. The lowest BCUT2D eigenvalue weighted by Crippen LogP contribution is -2.51. The first-order chi connectivity index (χ1) is 13.6. The van der Waals surface area contributed by atoms with E-state index in [1.54, 1.807) is 12.1 Å². The zero-order chi connectivity index (χ0) is 19.7. The molecule has 0 aromatic heterocycles. The first-order valence-electron chi connectivity index (χ1n) is 9.32. The quantitative estimate of drug-likeness (QED) is 0.419. The SMILES string of the molecule is C/C(=C1/C(=O)Nc2ccc(N)cc21)N(c1ccccc1)C(O)N1CCSCC1. The van der Waals surface area contributed by atoms with Crippen LogP contribution in [0.15, 0.2) is 54.2 Å². The van der Waals surface area contributed by atoms with E-state index in [0.717, 1.165) is 41.5 Å². The summed E-state index contributed by atoms with van der Waals surface area (Å²) in [6.45, 7) is 3.48. The number of aliphatic hydroxyl groups excluding tert-OH is 1. The van der Waals surface area contributed by atoms with Crippen molar-refractivity contribution in [2.45, 2.75) is 13.3 Å². The highest BCUT2D eigenvalue weighted by atomic mass is 32.2. The molecule has 0 radical (unpaired) electrons. The molecule has 6 nitrogen and oxygen atoms in total. The molecule has 7 heteroatoms. The lowest BCUT2D eigenvalue weighted by atomic mass is 10.0. The number of benzene rings is 2. The van der Waals surface area contributed by atoms with Gasteiger partial charge in [-0.15, -0.1) is 0 Å². The zero-order valence-electron chi connectivity index (χ0n) is 15.8. The van der Waals surface area contributed by atoms with Crippen LogP contribution in [0.1, 0.15) is 12.5 Å². The molecule has 2 aromatic carbocycles. The Morgan fingerprint density at radius 2 is 1.93 bits per heavy atom. The fourth-order valence-corrected chi connectivity index (χ4v) is 4.66. The summed E-state index contributed by atoms with van der Waals surface area (Å²) < 4.78 is 0. The predicted octanol–water partition coefficient (Wildman–Crippen LogP) is 2.78. The van der Waals surface area contributed by atoms with Crippen LogP contribution in [0.5, 0.6) is 0 Å². The first-order valence-corrected chi connectivity index (χ1v) is 10.5. The van der Waals surface area contributed by atoms with E-state index in [1.807, 2.05) is 64.9 Å². The number of thioether (sulfide) groups is 1. The van der Waals surface area contributed by atoms with Crippen LogP contribution in [0, 0.1) is 0 Å². The number of nitrogens with one attached hydrogen (secondary N) is 1. The number of hydrogen-bond acceptors (Lipinski definition) is 6. The number of nitrogens with two attached hydrogens (primary N) is 1. The molecule has 2 heterocycles. The van der Waals surface area contributed by atoms with Gasteiger partial charge in [0.15, 0.2) is 6.35 Å². The van der Waals surface area contributed by atoms with Crippen molar-refractivity contribution in [2.75, 3.05) is 40.5 Å². The monoisotopic (exact) mass is 396 g/mol. The van der Waals surface area contributed by atoms with Crippen LogP contribution in [0.25, 0.3) is 5.57 Å². The van der Waals surface area contributed by atoms with Gasteiger partial charge in [-0.05, 0) is 37.3 Å². The van der Waals surface area contributed by atoms with Gasteiger partial charge < -0.3 is 21.1 Å². The smallest absolute Gasteiger partial charge is 0.258 e. The Kier molecular flexibility index (Phi) is 5.30. The maximum absolute atomic E-state index is 12.8. The minimum Gasteiger partial charge on any atom is -0.399 e. The molecule has 1 amide bonds. The number of nitrogens with zero attached hydrogens (tertiary/aromatic N) is 2. The molecule has 4 rings (SSSR count). The molecular formula is C21H24N4O2S. The molecule has 28 heavy (non-hydrogen) atoms. The van der Waals surface area contributed by atoms with Crippen molar-refractivity contribution >= 4 is 40.3 Å². The van der Waals surface area contributed by atoms with Crippen molar-refractivity contribution in [3.05, 3.63) is 59.8 Å². The third-order valence-electron chi connectivity index (χ3n) is 5.15. The van der Waals surface area contributed by atoms with Gasteiger partial charge in [-0.3, -0.25) is 9.69 Å². The standard InChI is InChI=1S/C21H24N4O2S/c1-14(19-17-13-15(22)7-8-18(17)23-20(19)26)25(16-5-3-2-4-6-16)21(27)24-9-11-28-12-10-24/h2-8,13,21,27H,9-12,22H2,1H3,(H,23,26)/b19-14-. The highest BCUT2D eigenvalue weighted by Gasteiger charge is 2.32. The first kappa shape index (κ1) is 18.9. The molecule has 1 atom stereocenters. The molecule has 2 aliphatic heterocycles. The van der Waals surface area contributed by atoms with Crippen molar-refractivity contribution in [3.63, 3.8) is 0 Å². The normalized spacial score (nSPS) is 19.7. The van der Waals surface area contributed by atoms with Gasteiger partial charge in [0.1, 0.15) is 0 Å². The molecule has 2 aromatic rings. The molecule has 146 valence electrons. The summed E-state index contributed by atoms with van der Waals surface area (Å²) in [6.07, 6.45) is -0.853. The number of carbonyl (C=O) groups excluding carboxylic acids is 1. The molecule has 1 fully saturated rings. The summed E-state index contributed by atoms with van der Waals surface area (Å²) in [5, 5.41) is 14.2. The van der Waals surface area contributed by atoms with E-state index in [4.69, 9.17) is 5.73 Å². The zero-order valence-corrected chi connectivity index (χ0v) is 16.6. The van der Waals surface area contributed by atoms with E-state index in [0.29, 0.717) is 17.0 Å². The Labute approximate surface area is 169 Å². The van der Waals surface area contributed by atoms with E-state index < -0.39 is 6.35 Å². The van der Waals surface area contributed by atoms with Crippen LogP contribution in [-0.2, 0) is 4.79 Å². The summed E-state index contributed by atoms with van der Waals surface area (Å²) in [7, 11) is 0. The van der Waals surface area contributed by atoms with Crippen LogP contribution in [0.2, 0.25) is 0 Å². The average molecular weight is 397 g/mol. The highest BCUT2D eigenvalue weighted by molar-refractivity contribution is 7.99. The predicted molar refractivity (Wildman–Crippen MR) is 116 cm³/mol. The minimum atomic E-state index is -0.853. The molecule has 2 aliphatic rings. The number of nitrogen functional groups attached to an aromatic ring is 1. The number of fused-ring (bicyclic) bond motifs is 1. The third-order valence-corrected chi connectivity index (χ3v) is 6.09. The molecule has 0 bridgehead atoms. The minimum absolute atomic E-state index is 0.180. The molecule has 1 unspecified atom stereocenters. The lowest BCUT2D eigenvalue weighted by molar-refractivity contribution is -0.110. The second-order valence-corrected chi connectivity index (χ2v) is 8.14. The number of amides is 1. The van der Waals surface area contributed by atoms with Crippen molar-refractivity contribution < 1.29 is 9.90 Å². The van der Waals surface area contributed by atoms with Gasteiger partial charge in [0.2, 0.25) is 0 Å². The van der Waals surface area contributed by atoms with Gasteiger partial charge in [0.25, 0.3) is 5.91 Å².